The molecule has 0 aromatic carbocycles. The Bertz CT molecular complexity index is 496. The van der Waals surface area contributed by atoms with Gasteiger partial charge < -0.3 is 31.2 Å². The molecule has 0 aliphatic carbocycles. The molecule has 0 radical (unpaired) electrons. The Kier molecular flexibility index (Phi) is 8.82. The van der Waals surface area contributed by atoms with Crippen LogP contribution in [0, 0.1) is 0 Å². The van der Waals surface area contributed by atoms with Crippen molar-refractivity contribution < 1.29 is 48.5 Å². The molecular weight excluding hydrogens is 332 g/mol. The van der Waals surface area contributed by atoms with Crippen LogP contribution in [0.15, 0.2) is 0 Å². The average Bonchev–Trinajstić information content (AvgIpc) is 2.43. The van der Waals surface area contributed by atoms with E-state index in [1.807, 2.05) is 0 Å². The highest BCUT2D eigenvalue weighted by Gasteiger charge is 2.24. The number of hydrogen-bond donors (Lipinski definition) is 4. The summed E-state index contributed by atoms with van der Waals surface area (Å²) in [4.78, 5) is 65.7. The van der Waals surface area contributed by atoms with E-state index in [2.05, 4.69) is 9.47 Å². The number of rotatable bonds is 9. The van der Waals surface area contributed by atoms with Crippen LogP contribution in [0.2, 0.25) is 0 Å². The largest absolute Gasteiger partial charge is 0.481 e. The van der Waals surface area contributed by atoms with Crippen LogP contribution < -0.4 is 11.5 Å². The van der Waals surface area contributed by atoms with Gasteiger partial charge >= 0.3 is 35.8 Å². The van der Waals surface area contributed by atoms with Gasteiger partial charge in [-0.3, -0.25) is 19.2 Å². The first-order valence-electron chi connectivity index (χ1n) is 6.46. The van der Waals surface area contributed by atoms with E-state index in [0.717, 1.165) is 0 Å². The summed E-state index contributed by atoms with van der Waals surface area (Å²) in [6.07, 6.45) is -2.79. The van der Waals surface area contributed by atoms with Crippen LogP contribution in [0.3, 0.4) is 0 Å². The Morgan fingerprint density at radius 1 is 0.708 bits per heavy atom. The third-order valence-electron chi connectivity index (χ3n) is 2.36. The van der Waals surface area contributed by atoms with E-state index in [0.29, 0.717) is 0 Å². The lowest BCUT2D eigenvalue weighted by atomic mass is 10.2. The average molecular weight is 348 g/mol. The van der Waals surface area contributed by atoms with Gasteiger partial charge in [-0.15, -0.1) is 0 Å². The molecule has 0 saturated heterocycles. The van der Waals surface area contributed by atoms with Crippen molar-refractivity contribution in [2.75, 3.05) is 0 Å². The number of carboxylic acids is 2. The van der Waals surface area contributed by atoms with Crippen molar-refractivity contribution in [2.24, 2.45) is 11.5 Å². The number of aliphatic carboxylic acids is 2. The van der Waals surface area contributed by atoms with Gasteiger partial charge in [0.15, 0.2) is 0 Å². The second-order valence-corrected chi connectivity index (χ2v) is 4.49. The quantitative estimate of drug-likeness (QED) is 0.251. The normalized spacial score (nSPS) is 12.6. The second kappa shape index (κ2) is 10.0. The Hall–Kier alpha value is -2.86. The third kappa shape index (κ3) is 9.22. The molecule has 0 bridgehead atoms. The molecule has 0 fully saturated rings. The molecule has 12 heteroatoms. The van der Waals surface area contributed by atoms with Crippen LogP contribution in [-0.4, -0.2) is 58.1 Å². The summed E-state index contributed by atoms with van der Waals surface area (Å²) in [5.41, 5.74) is 10.3. The molecule has 0 aliphatic rings. The highest BCUT2D eigenvalue weighted by Crippen LogP contribution is 2.01. The Balaban J connectivity index is 4.20. The zero-order valence-electron chi connectivity index (χ0n) is 12.3. The Morgan fingerprint density at radius 2 is 1.00 bits per heavy atom. The lowest BCUT2D eigenvalue weighted by Gasteiger charge is -2.09. The molecule has 0 aliphatic heterocycles. The molecule has 0 heterocycles. The summed E-state index contributed by atoms with van der Waals surface area (Å²) in [5.74, 6) is -7.66. The second-order valence-electron chi connectivity index (χ2n) is 4.49. The van der Waals surface area contributed by atoms with Crippen molar-refractivity contribution in [1.82, 2.24) is 0 Å². The topological polar surface area (TPSA) is 213 Å². The van der Waals surface area contributed by atoms with Crippen molar-refractivity contribution in [3.63, 3.8) is 0 Å². The number of hydrogen-bond acceptors (Lipinski definition) is 10. The molecule has 6 N–H and O–H groups in total. The van der Waals surface area contributed by atoms with Crippen LogP contribution in [0.25, 0.3) is 0 Å². The van der Waals surface area contributed by atoms with E-state index in [-0.39, 0.29) is 0 Å². The van der Waals surface area contributed by atoms with E-state index in [1.165, 1.54) is 0 Å². The highest BCUT2D eigenvalue weighted by atomic mass is 16.6. The number of ether oxygens (including phenoxy) is 2. The molecule has 0 aromatic rings. The minimum Gasteiger partial charge on any atom is -0.481 e. The number of carboxylic acid groups (broad SMARTS) is 2. The van der Waals surface area contributed by atoms with Gasteiger partial charge in [-0.05, 0) is 0 Å². The van der Waals surface area contributed by atoms with E-state index in [1.54, 1.807) is 0 Å². The van der Waals surface area contributed by atoms with E-state index in [9.17, 15) is 28.8 Å². The fourth-order valence-corrected chi connectivity index (χ4v) is 1.22. The summed E-state index contributed by atoms with van der Waals surface area (Å²) in [5, 5.41) is 16.8. The van der Waals surface area contributed by atoms with Crippen LogP contribution in [0.5, 0.6) is 0 Å². The van der Waals surface area contributed by atoms with E-state index < -0.39 is 73.6 Å². The Morgan fingerprint density at radius 3 is 1.25 bits per heavy atom. The third-order valence-corrected chi connectivity index (χ3v) is 2.36. The fourth-order valence-electron chi connectivity index (χ4n) is 1.22. The molecule has 0 unspecified atom stereocenters. The first-order chi connectivity index (χ1) is 11.0. The monoisotopic (exact) mass is 348 g/mol. The standard InChI is InChI=1S/C12H16N2O10/c13-5(3-7(15)16)11(21)23-9(19)1-2-10(20)24-12(22)6(14)4-8(17)18/h5-6H,1-4,13-14H2,(H,15,16)(H,17,18)/t5-,6-/m0/s1. The molecule has 0 amide bonds. The van der Waals surface area contributed by atoms with Crippen molar-refractivity contribution in [3.05, 3.63) is 0 Å². The fraction of sp³-hybridized carbons (Fsp3) is 0.500. The van der Waals surface area contributed by atoms with Gasteiger partial charge in [-0.25, -0.2) is 9.59 Å². The van der Waals surface area contributed by atoms with Gasteiger partial charge in [0.25, 0.3) is 0 Å². The van der Waals surface area contributed by atoms with Gasteiger partial charge in [0, 0.05) is 0 Å². The number of carbonyl (C=O) groups is 6. The van der Waals surface area contributed by atoms with Crippen molar-refractivity contribution in [3.8, 4) is 0 Å². The molecule has 134 valence electrons. The van der Waals surface area contributed by atoms with Crippen molar-refractivity contribution in [1.29, 1.82) is 0 Å². The highest BCUT2D eigenvalue weighted by molar-refractivity contribution is 5.93. The van der Waals surface area contributed by atoms with Crippen LogP contribution in [-0.2, 0) is 38.2 Å². The van der Waals surface area contributed by atoms with Crippen molar-refractivity contribution >= 4 is 35.8 Å². The Labute approximate surface area is 134 Å². The maximum absolute atomic E-state index is 11.3. The van der Waals surface area contributed by atoms with E-state index in [4.69, 9.17) is 21.7 Å². The SMILES string of the molecule is N[C@@H](CC(=O)O)C(=O)OC(=O)CCC(=O)OC(=O)[C@@H](N)CC(=O)O. The minimum atomic E-state index is -1.55. The molecule has 0 spiro atoms. The number of esters is 4. The lowest BCUT2D eigenvalue weighted by Crippen LogP contribution is -2.36. The number of nitrogens with two attached hydrogens (primary N) is 2. The van der Waals surface area contributed by atoms with Gasteiger partial charge in [0.2, 0.25) is 0 Å². The first kappa shape index (κ1) is 21.1. The van der Waals surface area contributed by atoms with Gasteiger partial charge in [-0.1, -0.05) is 0 Å². The molecular formula is C12H16N2O10. The summed E-state index contributed by atoms with van der Waals surface area (Å²) in [7, 11) is 0. The summed E-state index contributed by atoms with van der Waals surface area (Å²) in [6, 6.07) is -3.09. The molecule has 12 nitrogen and oxygen atoms in total. The van der Waals surface area contributed by atoms with Crippen molar-refractivity contribution in [2.45, 2.75) is 37.8 Å². The molecule has 24 heavy (non-hydrogen) atoms. The first-order valence-corrected chi connectivity index (χ1v) is 6.46. The zero-order chi connectivity index (χ0) is 18.9. The van der Waals surface area contributed by atoms with Gasteiger partial charge in [0.05, 0.1) is 25.7 Å². The molecule has 0 saturated carbocycles. The maximum atomic E-state index is 11.3. The predicted molar refractivity (Wildman–Crippen MR) is 71.9 cm³/mol. The smallest absolute Gasteiger partial charge is 0.331 e. The summed E-state index contributed by atoms with van der Waals surface area (Å²) < 4.78 is 8.41. The lowest BCUT2D eigenvalue weighted by molar-refractivity contribution is -0.166. The van der Waals surface area contributed by atoms with Gasteiger partial charge in [-0.2, -0.15) is 0 Å². The minimum absolute atomic E-state index is 0.647. The van der Waals surface area contributed by atoms with Crippen LogP contribution in [0.4, 0.5) is 0 Å². The maximum Gasteiger partial charge on any atom is 0.331 e. The summed E-state index contributed by atoms with van der Waals surface area (Å²) in [6.45, 7) is 0. The molecule has 0 aromatic heterocycles. The molecule has 0 rings (SSSR count). The molecule has 2 atom stereocenters. The number of carbonyl (C=O) groups excluding carboxylic acids is 4. The van der Waals surface area contributed by atoms with Crippen LogP contribution in [0.1, 0.15) is 25.7 Å². The predicted octanol–water partition coefficient (Wildman–Crippen LogP) is -2.49. The van der Waals surface area contributed by atoms with E-state index >= 15 is 0 Å². The zero-order valence-corrected chi connectivity index (χ0v) is 12.3. The van der Waals surface area contributed by atoms with Crippen LogP contribution >= 0.6 is 0 Å². The summed E-state index contributed by atoms with van der Waals surface area (Å²) >= 11 is 0. The van der Waals surface area contributed by atoms with Gasteiger partial charge in [0.1, 0.15) is 12.1 Å².